The lowest BCUT2D eigenvalue weighted by Crippen LogP contribution is -2.61. The molecule has 5 rings (SSSR count). The Morgan fingerprint density at radius 1 is 0.500 bits per heavy atom. The van der Waals surface area contributed by atoms with Crippen LogP contribution in [0.15, 0.2) is 121 Å². The Labute approximate surface area is 261 Å². The number of hydrogen-bond donors (Lipinski definition) is 0. The summed E-state index contributed by atoms with van der Waals surface area (Å²) in [6.45, 7) is -0.374. The van der Waals surface area contributed by atoms with Gasteiger partial charge in [-0.1, -0.05) is 88.7 Å². The molecule has 1 saturated heterocycles. The number of benzene rings is 4. The van der Waals surface area contributed by atoms with E-state index in [1.165, 1.54) is 0 Å². The van der Waals surface area contributed by atoms with Gasteiger partial charge in [0.2, 0.25) is 0 Å². The van der Waals surface area contributed by atoms with Crippen LogP contribution in [0.4, 0.5) is 0 Å². The van der Waals surface area contributed by atoms with E-state index in [0.717, 1.165) is 0 Å². The van der Waals surface area contributed by atoms with Crippen molar-refractivity contribution in [2.45, 2.75) is 29.4 Å². The van der Waals surface area contributed by atoms with E-state index in [1.807, 2.05) is 0 Å². The van der Waals surface area contributed by atoms with E-state index in [-0.39, 0.29) is 23.3 Å². The zero-order valence-corrected chi connectivity index (χ0v) is 24.8. The first-order valence-corrected chi connectivity index (χ1v) is 14.6. The fourth-order valence-electron chi connectivity index (χ4n) is 4.51. The second kappa shape index (κ2) is 14.6. The Hall–Kier alpha value is -4.80. The summed E-state index contributed by atoms with van der Waals surface area (Å²) in [5, 5.41) is -1.05. The fourth-order valence-corrected chi connectivity index (χ4v) is 5.20. The molecule has 10 heteroatoms. The van der Waals surface area contributed by atoms with Gasteiger partial charge in [0.25, 0.3) is 0 Å². The second-order valence-electron chi connectivity index (χ2n) is 9.70. The lowest BCUT2D eigenvalue weighted by Gasteiger charge is -2.43. The summed E-state index contributed by atoms with van der Waals surface area (Å²) >= 11 is 3.40. The highest BCUT2D eigenvalue weighted by atomic mass is 79.9. The third-order valence-corrected chi connectivity index (χ3v) is 7.46. The molecule has 0 amide bonds. The number of carbonyl (C=O) groups excluding carboxylic acids is 4. The molecule has 3 unspecified atom stereocenters. The molecule has 44 heavy (non-hydrogen) atoms. The van der Waals surface area contributed by atoms with Crippen LogP contribution in [0, 0.1) is 0 Å². The minimum atomic E-state index is -1.37. The lowest BCUT2D eigenvalue weighted by molar-refractivity contribution is -0.205. The Kier molecular flexibility index (Phi) is 10.2. The van der Waals surface area contributed by atoms with Crippen LogP contribution >= 0.6 is 15.9 Å². The second-order valence-corrected chi connectivity index (χ2v) is 10.6. The van der Waals surface area contributed by atoms with E-state index in [4.69, 9.17) is 23.7 Å². The van der Waals surface area contributed by atoms with Gasteiger partial charge in [-0.05, 0) is 48.5 Å². The SMILES string of the molecule is O=C(OCC1O[C@H](Br)C(OC(=O)c2ccccc2)C(OC(=O)c2ccccc2)[C@@H]1OC(=O)c1ccccc1)c1ccccc1. The first-order valence-electron chi connectivity index (χ1n) is 13.7. The molecule has 1 heterocycles. The molecule has 9 nitrogen and oxygen atoms in total. The summed E-state index contributed by atoms with van der Waals surface area (Å²) in [6.07, 6.45) is -5.13. The van der Waals surface area contributed by atoms with E-state index in [1.54, 1.807) is 121 Å². The lowest BCUT2D eigenvalue weighted by atomic mass is 9.99. The Bertz CT molecular complexity index is 1570. The topological polar surface area (TPSA) is 114 Å². The third kappa shape index (κ3) is 7.58. The molecule has 4 aromatic rings. The minimum absolute atomic E-state index is 0.221. The maximum Gasteiger partial charge on any atom is 0.338 e. The smallest absolute Gasteiger partial charge is 0.338 e. The Morgan fingerprint density at radius 3 is 1.25 bits per heavy atom. The van der Waals surface area contributed by atoms with Gasteiger partial charge in [0.1, 0.15) is 12.7 Å². The molecule has 0 radical (unpaired) electrons. The molecule has 4 aromatic carbocycles. The first-order chi connectivity index (χ1) is 21.4. The molecule has 0 aromatic heterocycles. The van der Waals surface area contributed by atoms with Crippen molar-refractivity contribution < 1.29 is 42.9 Å². The van der Waals surface area contributed by atoms with Crippen LogP contribution in [0.25, 0.3) is 0 Å². The zero-order valence-electron chi connectivity index (χ0n) is 23.2. The molecule has 1 fully saturated rings. The van der Waals surface area contributed by atoms with E-state index in [2.05, 4.69) is 15.9 Å². The predicted octanol–water partition coefficient (Wildman–Crippen LogP) is 5.64. The standard InChI is InChI=1S/C34H27BrO9/c35-30-29(44-34(39)25-19-11-4-12-20-25)28(43-33(38)24-17-9-3-10-18-24)27(42-32(37)23-15-7-2-8-16-23)26(41-30)21-40-31(36)22-13-5-1-6-14-22/h1-20,26-30H,21H2/t26?,27-,28?,29?,30+/m1/s1. The van der Waals surface area contributed by atoms with Crippen molar-refractivity contribution in [2.24, 2.45) is 0 Å². The number of alkyl halides is 1. The van der Waals surface area contributed by atoms with Gasteiger partial charge in [0.05, 0.1) is 22.3 Å². The molecule has 5 atom stereocenters. The first kappa shape index (κ1) is 30.7. The van der Waals surface area contributed by atoms with Crippen LogP contribution in [-0.4, -0.2) is 59.9 Å². The summed E-state index contributed by atoms with van der Waals surface area (Å²) in [7, 11) is 0. The van der Waals surface area contributed by atoms with Crippen molar-refractivity contribution in [2.75, 3.05) is 6.61 Å². The van der Waals surface area contributed by atoms with Crippen molar-refractivity contribution in [3.8, 4) is 0 Å². The molecule has 0 spiro atoms. The highest BCUT2D eigenvalue weighted by Gasteiger charge is 2.52. The van der Waals surface area contributed by atoms with Gasteiger partial charge >= 0.3 is 23.9 Å². The number of hydrogen-bond acceptors (Lipinski definition) is 9. The van der Waals surface area contributed by atoms with Crippen LogP contribution in [0.5, 0.6) is 0 Å². The van der Waals surface area contributed by atoms with Crippen molar-refractivity contribution >= 4 is 39.8 Å². The van der Waals surface area contributed by atoms with Crippen LogP contribution in [0.3, 0.4) is 0 Å². The molecular weight excluding hydrogens is 632 g/mol. The summed E-state index contributed by atoms with van der Waals surface area (Å²) in [5.41, 5.74) is 0.994. The normalized spacial score (nSPS) is 21.0. The van der Waals surface area contributed by atoms with Gasteiger partial charge < -0.3 is 23.7 Å². The van der Waals surface area contributed by atoms with E-state index in [9.17, 15) is 19.2 Å². The van der Waals surface area contributed by atoms with E-state index in [0.29, 0.717) is 5.56 Å². The van der Waals surface area contributed by atoms with Crippen LogP contribution in [-0.2, 0) is 23.7 Å². The van der Waals surface area contributed by atoms with Gasteiger partial charge in [-0.15, -0.1) is 0 Å². The predicted molar refractivity (Wildman–Crippen MR) is 161 cm³/mol. The van der Waals surface area contributed by atoms with Gasteiger partial charge in [-0.2, -0.15) is 0 Å². The average molecular weight is 659 g/mol. The molecule has 1 aliphatic heterocycles. The number of ether oxygens (including phenoxy) is 5. The van der Waals surface area contributed by atoms with E-state index < -0.39 is 53.3 Å². The molecule has 0 bridgehead atoms. The van der Waals surface area contributed by atoms with Crippen molar-refractivity contribution in [3.63, 3.8) is 0 Å². The van der Waals surface area contributed by atoms with Crippen molar-refractivity contribution in [1.82, 2.24) is 0 Å². The molecule has 224 valence electrons. The maximum absolute atomic E-state index is 13.3. The highest BCUT2D eigenvalue weighted by Crippen LogP contribution is 2.33. The molecular formula is C34H27BrO9. The minimum Gasteiger partial charge on any atom is -0.459 e. The third-order valence-electron chi connectivity index (χ3n) is 6.72. The van der Waals surface area contributed by atoms with Crippen molar-refractivity contribution in [3.05, 3.63) is 144 Å². The van der Waals surface area contributed by atoms with Gasteiger partial charge in [0, 0.05) is 0 Å². The molecule has 0 aliphatic carbocycles. The fraction of sp³-hybridized carbons (Fsp3) is 0.176. The molecule has 0 saturated carbocycles. The van der Waals surface area contributed by atoms with E-state index >= 15 is 0 Å². The highest BCUT2D eigenvalue weighted by molar-refractivity contribution is 9.09. The monoisotopic (exact) mass is 658 g/mol. The Morgan fingerprint density at radius 2 is 0.841 bits per heavy atom. The molecule has 0 N–H and O–H groups in total. The number of halogens is 1. The zero-order chi connectivity index (χ0) is 30.9. The van der Waals surface area contributed by atoms with Crippen molar-refractivity contribution in [1.29, 1.82) is 0 Å². The van der Waals surface area contributed by atoms with Gasteiger partial charge in [-0.25, -0.2) is 19.2 Å². The molecule has 1 aliphatic rings. The van der Waals surface area contributed by atoms with Crippen LogP contribution in [0.2, 0.25) is 0 Å². The maximum atomic E-state index is 13.3. The summed E-state index contributed by atoms with van der Waals surface area (Å²) in [5.74, 6) is -2.85. The summed E-state index contributed by atoms with van der Waals surface area (Å²) in [4.78, 5) is 52.6. The quantitative estimate of drug-likeness (QED) is 0.128. The summed E-state index contributed by atoms with van der Waals surface area (Å²) < 4.78 is 29.3. The number of esters is 4. The summed E-state index contributed by atoms with van der Waals surface area (Å²) in [6, 6.07) is 32.9. The average Bonchev–Trinajstić information content (AvgIpc) is 3.07. The number of rotatable bonds is 9. The largest absolute Gasteiger partial charge is 0.459 e. The number of carbonyl (C=O) groups is 4. The van der Waals surface area contributed by atoms with Crippen LogP contribution in [0.1, 0.15) is 41.4 Å². The Balaban J connectivity index is 1.48. The van der Waals surface area contributed by atoms with Crippen LogP contribution < -0.4 is 0 Å². The van der Waals surface area contributed by atoms with Gasteiger partial charge in [0.15, 0.2) is 23.3 Å². The van der Waals surface area contributed by atoms with Gasteiger partial charge in [-0.3, -0.25) is 0 Å².